The van der Waals surface area contributed by atoms with E-state index in [4.69, 9.17) is 0 Å². The van der Waals surface area contributed by atoms with E-state index in [0.717, 1.165) is 39.0 Å². The number of amides is 1. The van der Waals surface area contributed by atoms with Crippen LogP contribution in [0.15, 0.2) is 24.3 Å². The van der Waals surface area contributed by atoms with Crippen LogP contribution in [0.4, 0.5) is 5.69 Å². The molecule has 22 heavy (non-hydrogen) atoms. The molecule has 2 fully saturated rings. The summed E-state index contributed by atoms with van der Waals surface area (Å²) in [5.74, 6) is -0.0150. The third kappa shape index (κ3) is 3.11. The first-order valence-electron chi connectivity index (χ1n) is 7.93. The molecule has 0 N–H and O–H groups in total. The molecule has 0 saturated carbocycles. The number of carbonyl (C=O) groups is 1. The van der Waals surface area contributed by atoms with Gasteiger partial charge in [0, 0.05) is 36.8 Å². The Labute approximate surface area is 129 Å². The summed E-state index contributed by atoms with van der Waals surface area (Å²) in [6, 6.07) is 6.38. The van der Waals surface area contributed by atoms with Gasteiger partial charge >= 0.3 is 0 Å². The van der Waals surface area contributed by atoms with Crippen molar-refractivity contribution in [2.45, 2.75) is 31.7 Å². The third-order valence-corrected chi connectivity index (χ3v) is 4.67. The highest BCUT2D eigenvalue weighted by Crippen LogP contribution is 2.22. The van der Waals surface area contributed by atoms with Gasteiger partial charge in [-0.3, -0.25) is 19.8 Å². The Morgan fingerprint density at radius 3 is 2.41 bits per heavy atom. The van der Waals surface area contributed by atoms with Gasteiger partial charge in [-0.2, -0.15) is 0 Å². The van der Waals surface area contributed by atoms with Crippen molar-refractivity contribution in [2.75, 3.05) is 26.2 Å². The highest BCUT2D eigenvalue weighted by Gasteiger charge is 2.29. The third-order valence-electron chi connectivity index (χ3n) is 4.67. The molecule has 6 nitrogen and oxygen atoms in total. The Kier molecular flexibility index (Phi) is 4.38. The minimum atomic E-state index is -0.446. The molecule has 1 aromatic rings. The fraction of sp³-hybridized carbons (Fsp3) is 0.562. The first-order valence-corrected chi connectivity index (χ1v) is 7.93. The predicted octanol–water partition coefficient (Wildman–Crippen LogP) is 2.30. The molecule has 0 aromatic heterocycles. The molecule has 1 aromatic carbocycles. The summed E-state index contributed by atoms with van der Waals surface area (Å²) in [7, 11) is 0. The van der Waals surface area contributed by atoms with E-state index in [1.165, 1.54) is 25.0 Å². The van der Waals surface area contributed by atoms with Gasteiger partial charge < -0.3 is 4.90 Å². The molecule has 1 amide bonds. The van der Waals surface area contributed by atoms with Gasteiger partial charge in [0.1, 0.15) is 0 Å². The van der Waals surface area contributed by atoms with Gasteiger partial charge in [-0.05, 0) is 50.9 Å². The maximum absolute atomic E-state index is 12.6. The fourth-order valence-corrected chi connectivity index (χ4v) is 3.45. The first-order chi connectivity index (χ1) is 10.6. The lowest BCUT2D eigenvalue weighted by molar-refractivity contribution is -0.384. The van der Waals surface area contributed by atoms with E-state index in [1.807, 2.05) is 4.90 Å². The number of carbonyl (C=O) groups excluding carboxylic acids is 1. The Hall–Kier alpha value is -1.95. The highest BCUT2D eigenvalue weighted by molar-refractivity contribution is 5.94. The van der Waals surface area contributed by atoms with Crippen molar-refractivity contribution in [1.82, 2.24) is 9.80 Å². The normalized spacial score (nSPS) is 22.7. The Bertz CT molecular complexity index is 552. The molecule has 2 aliphatic heterocycles. The second-order valence-electron chi connectivity index (χ2n) is 6.09. The lowest BCUT2D eigenvalue weighted by Crippen LogP contribution is -2.48. The monoisotopic (exact) mass is 303 g/mol. The van der Waals surface area contributed by atoms with Gasteiger partial charge in [0.15, 0.2) is 0 Å². The zero-order valence-electron chi connectivity index (χ0n) is 12.6. The lowest BCUT2D eigenvalue weighted by atomic mass is 10.0. The van der Waals surface area contributed by atoms with Gasteiger partial charge in [-0.25, -0.2) is 0 Å². The number of benzene rings is 1. The van der Waals surface area contributed by atoms with Crippen molar-refractivity contribution in [3.05, 3.63) is 39.9 Å². The van der Waals surface area contributed by atoms with Crippen molar-refractivity contribution in [1.29, 1.82) is 0 Å². The molecule has 2 saturated heterocycles. The zero-order chi connectivity index (χ0) is 15.5. The van der Waals surface area contributed by atoms with E-state index in [-0.39, 0.29) is 11.6 Å². The van der Waals surface area contributed by atoms with Crippen LogP contribution in [0.1, 0.15) is 36.0 Å². The number of hydrogen-bond donors (Lipinski definition) is 0. The number of hydrogen-bond acceptors (Lipinski definition) is 4. The van der Waals surface area contributed by atoms with E-state index >= 15 is 0 Å². The Morgan fingerprint density at radius 2 is 1.77 bits per heavy atom. The summed E-state index contributed by atoms with van der Waals surface area (Å²) < 4.78 is 0. The van der Waals surface area contributed by atoms with Crippen molar-refractivity contribution in [3.63, 3.8) is 0 Å². The Morgan fingerprint density at radius 1 is 1.09 bits per heavy atom. The number of likely N-dealkylation sites (tertiary alicyclic amines) is 2. The average Bonchev–Trinajstić information content (AvgIpc) is 3.09. The number of rotatable bonds is 3. The average molecular weight is 303 g/mol. The summed E-state index contributed by atoms with van der Waals surface area (Å²) >= 11 is 0. The summed E-state index contributed by atoms with van der Waals surface area (Å²) in [5.41, 5.74) is 0.554. The molecule has 0 radical (unpaired) electrons. The quantitative estimate of drug-likeness (QED) is 0.635. The molecule has 118 valence electrons. The summed E-state index contributed by atoms with van der Waals surface area (Å²) in [5, 5.41) is 10.7. The molecule has 2 aliphatic rings. The minimum absolute atomic E-state index is 0.0150. The molecule has 0 spiro atoms. The first kappa shape index (κ1) is 15.0. The van der Waals surface area contributed by atoms with Crippen LogP contribution in [-0.2, 0) is 0 Å². The van der Waals surface area contributed by atoms with Crippen LogP contribution in [-0.4, -0.2) is 52.9 Å². The predicted molar refractivity (Wildman–Crippen MR) is 82.8 cm³/mol. The van der Waals surface area contributed by atoms with Gasteiger partial charge in [-0.1, -0.05) is 0 Å². The van der Waals surface area contributed by atoms with Gasteiger partial charge in [0.05, 0.1) is 4.92 Å². The number of non-ortho nitro benzene ring substituents is 1. The SMILES string of the molecule is O=C(c1ccc([N+](=O)[O-])cc1)N1CCC[C@@H](N2CCCC2)C1. The van der Waals surface area contributed by atoms with Gasteiger partial charge in [0.25, 0.3) is 11.6 Å². The van der Waals surface area contributed by atoms with Crippen molar-refractivity contribution < 1.29 is 9.72 Å². The standard InChI is InChI=1S/C16H21N3O3/c20-16(13-5-7-14(8-6-13)19(21)22)18-11-3-4-15(12-18)17-9-1-2-10-17/h5-8,15H,1-4,9-12H2/t15-/m1/s1. The minimum Gasteiger partial charge on any atom is -0.337 e. The van der Waals surface area contributed by atoms with Crippen molar-refractivity contribution >= 4 is 11.6 Å². The molecule has 0 unspecified atom stereocenters. The van der Waals surface area contributed by atoms with E-state index in [2.05, 4.69) is 4.90 Å². The molecule has 0 aliphatic carbocycles. The largest absolute Gasteiger partial charge is 0.337 e. The molecular weight excluding hydrogens is 282 g/mol. The number of nitrogens with zero attached hydrogens (tertiary/aromatic N) is 3. The van der Waals surface area contributed by atoms with Crippen molar-refractivity contribution in [2.24, 2.45) is 0 Å². The molecule has 1 atom stereocenters. The number of nitro benzene ring substituents is 1. The molecule has 2 heterocycles. The topological polar surface area (TPSA) is 66.7 Å². The smallest absolute Gasteiger partial charge is 0.269 e. The fourth-order valence-electron chi connectivity index (χ4n) is 3.45. The van der Waals surface area contributed by atoms with E-state index in [1.54, 1.807) is 12.1 Å². The zero-order valence-corrected chi connectivity index (χ0v) is 12.6. The van der Waals surface area contributed by atoms with Crippen LogP contribution in [0, 0.1) is 10.1 Å². The number of nitro groups is 1. The molecule has 6 heteroatoms. The van der Waals surface area contributed by atoms with E-state index < -0.39 is 4.92 Å². The molecule has 0 bridgehead atoms. The van der Waals surface area contributed by atoms with Crippen LogP contribution < -0.4 is 0 Å². The second-order valence-corrected chi connectivity index (χ2v) is 6.09. The van der Waals surface area contributed by atoms with Crippen LogP contribution >= 0.6 is 0 Å². The maximum Gasteiger partial charge on any atom is 0.269 e. The van der Waals surface area contributed by atoms with Crippen LogP contribution in [0.3, 0.4) is 0 Å². The van der Waals surface area contributed by atoms with Crippen LogP contribution in [0.5, 0.6) is 0 Å². The second kappa shape index (κ2) is 6.44. The highest BCUT2D eigenvalue weighted by atomic mass is 16.6. The Balaban J connectivity index is 1.67. The van der Waals surface area contributed by atoms with Gasteiger partial charge in [0.2, 0.25) is 0 Å². The van der Waals surface area contributed by atoms with Crippen molar-refractivity contribution in [3.8, 4) is 0 Å². The maximum atomic E-state index is 12.6. The summed E-state index contributed by atoms with van der Waals surface area (Å²) in [6.45, 7) is 3.84. The molecular formula is C16H21N3O3. The summed E-state index contributed by atoms with van der Waals surface area (Å²) in [4.78, 5) is 27.2. The van der Waals surface area contributed by atoms with E-state index in [9.17, 15) is 14.9 Å². The lowest BCUT2D eigenvalue weighted by Gasteiger charge is -2.37. The summed E-state index contributed by atoms with van der Waals surface area (Å²) in [6.07, 6.45) is 4.70. The van der Waals surface area contributed by atoms with Crippen LogP contribution in [0.25, 0.3) is 0 Å². The van der Waals surface area contributed by atoms with E-state index in [0.29, 0.717) is 11.6 Å². The van der Waals surface area contributed by atoms with Gasteiger partial charge in [-0.15, -0.1) is 0 Å². The molecule has 3 rings (SSSR count). The number of piperidine rings is 1. The van der Waals surface area contributed by atoms with Crippen LogP contribution in [0.2, 0.25) is 0 Å².